The van der Waals surface area contributed by atoms with Gasteiger partial charge in [0.25, 0.3) is 0 Å². The van der Waals surface area contributed by atoms with Gasteiger partial charge in [0.2, 0.25) is 5.91 Å². The van der Waals surface area contributed by atoms with Crippen LogP contribution in [0, 0.1) is 5.92 Å². The SMILES string of the molecule is O=C(Nc1ccc2ccccc2c1)N1CCCN(C(=O)C2CCOCC2)CC1. The Morgan fingerprint density at radius 3 is 2.43 bits per heavy atom. The molecule has 4 rings (SSSR count). The molecule has 0 atom stereocenters. The summed E-state index contributed by atoms with van der Waals surface area (Å²) in [6, 6.07) is 13.9. The highest BCUT2D eigenvalue weighted by Crippen LogP contribution is 2.21. The molecule has 2 fully saturated rings. The molecule has 2 aliphatic heterocycles. The van der Waals surface area contributed by atoms with E-state index in [4.69, 9.17) is 4.74 Å². The minimum Gasteiger partial charge on any atom is -0.381 e. The number of benzene rings is 2. The zero-order valence-corrected chi connectivity index (χ0v) is 16.1. The van der Waals surface area contributed by atoms with Crippen molar-refractivity contribution in [3.63, 3.8) is 0 Å². The van der Waals surface area contributed by atoms with Crippen molar-refractivity contribution in [2.75, 3.05) is 44.7 Å². The van der Waals surface area contributed by atoms with Crippen molar-refractivity contribution in [3.05, 3.63) is 42.5 Å². The van der Waals surface area contributed by atoms with Gasteiger partial charge < -0.3 is 19.9 Å². The molecule has 2 aromatic carbocycles. The third-order valence-corrected chi connectivity index (χ3v) is 5.67. The monoisotopic (exact) mass is 381 g/mol. The summed E-state index contributed by atoms with van der Waals surface area (Å²) >= 11 is 0. The Kier molecular flexibility index (Phi) is 5.76. The Hall–Kier alpha value is -2.60. The maximum Gasteiger partial charge on any atom is 0.321 e. The highest BCUT2D eigenvalue weighted by Gasteiger charge is 2.28. The minimum atomic E-state index is -0.101. The molecule has 2 aromatic rings. The Balaban J connectivity index is 1.35. The summed E-state index contributed by atoms with van der Waals surface area (Å²) in [6.45, 7) is 3.89. The average molecular weight is 381 g/mol. The van der Waals surface area contributed by atoms with E-state index in [1.54, 1.807) is 0 Å². The number of urea groups is 1. The largest absolute Gasteiger partial charge is 0.381 e. The normalized spacial score (nSPS) is 18.7. The Morgan fingerprint density at radius 1 is 0.893 bits per heavy atom. The Labute approximate surface area is 165 Å². The zero-order chi connectivity index (χ0) is 19.3. The summed E-state index contributed by atoms with van der Waals surface area (Å²) < 4.78 is 5.36. The van der Waals surface area contributed by atoms with Crippen LogP contribution in [0.1, 0.15) is 19.3 Å². The molecule has 0 radical (unpaired) electrons. The predicted molar refractivity (Wildman–Crippen MR) is 109 cm³/mol. The van der Waals surface area contributed by atoms with Crippen LogP contribution < -0.4 is 5.32 Å². The Bertz CT molecular complexity index is 848. The Morgan fingerprint density at radius 2 is 1.61 bits per heavy atom. The van der Waals surface area contributed by atoms with Crippen molar-refractivity contribution in [2.45, 2.75) is 19.3 Å². The second kappa shape index (κ2) is 8.61. The number of anilines is 1. The van der Waals surface area contributed by atoms with Crippen LogP contribution in [0.5, 0.6) is 0 Å². The van der Waals surface area contributed by atoms with Gasteiger partial charge in [-0.1, -0.05) is 30.3 Å². The molecular weight excluding hydrogens is 354 g/mol. The first-order valence-electron chi connectivity index (χ1n) is 10.1. The summed E-state index contributed by atoms with van der Waals surface area (Å²) in [5.74, 6) is 0.298. The number of carbonyl (C=O) groups is 2. The minimum absolute atomic E-state index is 0.0757. The number of rotatable bonds is 2. The molecule has 0 aromatic heterocycles. The lowest BCUT2D eigenvalue weighted by atomic mass is 9.98. The third-order valence-electron chi connectivity index (χ3n) is 5.67. The third kappa shape index (κ3) is 4.28. The molecule has 28 heavy (non-hydrogen) atoms. The van der Waals surface area contributed by atoms with E-state index in [9.17, 15) is 9.59 Å². The van der Waals surface area contributed by atoms with Gasteiger partial charge in [0, 0.05) is 51.0 Å². The van der Waals surface area contributed by atoms with Gasteiger partial charge >= 0.3 is 6.03 Å². The van der Waals surface area contributed by atoms with Crippen LogP contribution in [0.15, 0.2) is 42.5 Å². The maximum absolute atomic E-state index is 12.7. The fourth-order valence-electron chi connectivity index (χ4n) is 4.01. The summed E-state index contributed by atoms with van der Waals surface area (Å²) in [5, 5.41) is 5.26. The highest BCUT2D eigenvalue weighted by atomic mass is 16.5. The van der Waals surface area contributed by atoms with Crippen molar-refractivity contribution in [1.82, 2.24) is 9.80 Å². The maximum atomic E-state index is 12.7. The van der Waals surface area contributed by atoms with Gasteiger partial charge in [-0.2, -0.15) is 0 Å². The van der Waals surface area contributed by atoms with Gasteiger partial charge in [0.1, 0.15) is 0 Å². The average Bonchev–Trinajstić information content (AvgIpc) is 3.00. The number of fused-ring (bicyclic) bond motifs is 1. The van der Waals surface area contributed by atoms with Crippen LogP contribution in [-0.2, 0) is 9.53 Å². The van der Waals surface area contributed by atoms with Crippen LogP contribution in [-0.4, -0.2) is 61.1 Å². The van der Waals surface area contributed by atoms with Crippen molar-refractivity contribution >= 4 is 28.4 Å². The summed E-state index contributed by atoms with van der Waals surface area (Å²) in [4.78, 5) is 29.2. The first-order chi connectivity index (χ1) is 13.7. The number of nitrogens with zero attached hydrogens (tertiary/aromatic N) is 2. The van der Waals surface area contributed by atoms with Gasteiger partial charge in [0.05, 0.1) is 0 Å². The number of hydrogen-bond donors (Lipinski definition) is 1. The molecule has 3 amide bonds. The highest BCUT2D eigenvalue weighted by molar-refractivity contribution is 5.93. The van der Waals surface area contributed by atoms with Crippen molar-refractivity contribution in [3.8, 4) is 0 Å². The fourth-order valence-corrected chi connectivity index (χ4v) is 4.01. The lowest BCUT2D eigenvalue weighted by Gasteiger charge is -2.28. The van der Waals surface area contributed by atoms with E-state index in [0.717, 1.165) is 42.3 Å². The number of nitrogens with one attached hydrogen (secondary N) is 1. The van der Waals surface area contributed by atoms with E-state index in [-0.39, 0.29) is 17.9 Å². The predicted octanol–water partition coefficient (Wildman–Crippen LogP) is 3.33. The molecule has 2 saturated heterocycles. The lowest BCUT2D eigenvalue weighted by Crippen LogP contribution is -2.42. The van der Waals surface area contributed by atoms with Crippen molar-refractivity contribution in [2.24, 2.45) is 5.92 Å². The summed E-state index contributed by atoms with van der Waals surface area (Å²) in [6.07, 6.45) is 2.42. The first kappa shape index (κ1) is 18.7. The summed E-state index contributed by atoms with van der Waals surface area (Å²) in [7, 11) is 0. The van der Waals surface area contributed by atoms with Crippen molar-refractivity contribution < 1.29 is 14.3 Å². The number of ether oxygens (including phenoxy) is 1. The quantitative estimate of drug-likeness (QED) is 0.868. The number of carbonyl (C=O) groups excluding carboxylic acids is 2. The zero-order valence-electron chi connectivity index (χ0n) is 16.1. The number of amides is 3. The standard InChI is InChI=1S/C22H27N3O3/c26-21(18-8-14-28-15-9-18)24-10-3-11-25(13-12-24)22(27)23-20-7-6-17-4-1-2-5-19(17)16-20/h1-2,4-7,16,18H,3,8-15H2,(H,23,27). The molecule has 1 N–H and O–H groups in total. The topological polar surface area (TPSA) is 61.9 Å². The molecule has 0 saturated carbocycles. The van der Waals surface area contributed by atoms with Crippen LogP contribution >= 0.6 is 0 Å². The van der Waals surface area contributed by atoms with Gasteiger partial charge in [0.15, 0.2) is 0 Å². The second-order valence-electron chi connectivity index (χ2n) is 7.54. The van der Waals surface area contributed by atoms with Crippen molar-refractivity contribution in [1.29, 1.82) is 0 Å². The van der Waals surface area contributed by atoms with E-state index in [1.165, 1.54) is 0 Å². The lowest BCUT2D eigenvalue weighted by molar-refractivity contribution is -0.138. The van der Waals surface area contributed by atoms with E-state index in [2.05, 4.69) is 11.4 Å². The smallest absolute Gasteiger partial charge is 0.321 e. The molecule has 0 unspecified atom stereocenters. The van der Waals surface area contributed by atoms with Crippen LogP contribution in [0.25, 0.3) is 10.8 Å². The van der Waals surface area contributed by atoms with Crippen LogP contribution in [0.4, 0.5) is 10.5 Å². The molecule has 6 nitrogen and oxygen atoms in total. The molecule has 2 aliphatic rings. The van der Waals surface area contributed by atoms with E-state index in [0.29, 0.717) is 32.8 Å². The van der Waals surface area contributed by atoms with Gasteiger partial charge in [-0.25, -0.2) is 4.79 Å². The molecule has 148 valence electrons. The van der Waals surface area contributed by atoms with Gasteiger partial charge in [-0.3, -0.25) is 4.79 Å². The molecule has 0 aliphatic carbocycles. The fraction of sp³-hybridized carbons (Fsp3) is 0.455. The van der Waals surface area contributed by atoms with Gasteiger partial charge in [-0.05, 0) is 42.2 Å². The van der Waals surface area contributed by atoms with E-state index >= 15 is 0 Å². The van der Waals surface area contributed by atoms with Gasteiger partial charge in [-0.15, -0.1) is 0 Å². The molecular formula is C22H27N3O3. The van der Waals surface area contributed by atoms with Crippen LogP contribution in [0.3, 0.4) is 0 Å². The van der Waals surface area contributed by atoms with E-state index < -0.39 is 0 Å². The van der Waals surface area contributed by atoms with Crippen LogP contribution in [0.2, 0.25) is 0 Å². The molecule has 0 bridgehead atoms. The number of hydrogen-bond acceptors (Lipinski definition) is 3. The first-order valence-corrected chi connectivity index (χ1v) is 10.1. The van der Waals surface area contributed by atoms with E-state index in [1.807, 2.05) is 46.2 Å². The second-order valence-corrected chi connectivity index (χ2v) is 7.54. The molecule has 0 spiro atoms. The molecule has 2 heterocycles. The molecule has 6 heteroatoms. The summed E-state index contributed by atoms with van der Waals surface area (Å²) in [5.41, 5.74) is 0.795.